The number of phenolic OH excluding ortho intramolecular Hbond substituents is 3. The van der Waals surface area contributed by atoms with E-state index in [4.69, 9.17) is 32.8 Å². The van der Waals surface area contributed by atoms with Gasteiger partial charge in [-0.1, -0.05) is 0 Å². The Bertz CT molecular complexity index is 1690. The van der Waals surface area contributed by atoms with Crippen LogP contribution in [0.25, 0.3) is 22.3 Å². The molecule has 0 spiro atoms. The summed E-state index contributed by atoms with van der Waals surface area (Å²) in [5, 5.41) is 92.5. The van der Waals surface area contributed by atoms with Crippen LogP contribution in [-0.2, 0) is 23.7 Å². The molecule has 3 aromatic rings. The Kier molecular flexibility index (Phi) is 10.3. The van der Waals surface area contributed by atoms with Gasteiger partial charge in [0.15, 0.2) is 29.7 Å². The van der Waals surface area contributed by atoms with E-state index in [1.165, 1.54) is 25.3 Å². The number of hydrogen-bond acceptors (Lipinski definition) is 18. The molecule has 0 amide bonds. The first-order chi connectivity index (χ1) is 22.7. The normalized spacial score (nSPS) is 30.6. The summed E-state index contributed by atoms with van der Waals surface area (Å²) in [5.41, 5.74) is -1.21. The van der Waals surface area contributed by atoms with Gasteiger partial charge in [0.25, 0.3) is 0 Å². The van der Waals surface area contributed by atoms with Gasteiger partial charge in [-0.15, -0.1) is 0 Å². The number of aliphatic hydroxyl groups is 6. The Morgan fingerprint density at radius 2 is 1.54 bits per heavy atom. The second-order valence-electron chi connectivity index (χ2n) is 11.1. The van der Waals surface area contributed by atoms with Gasteiger partial charge in [0, 0.05) is 24.6 Å². The number of hydrogen-bond donors (Lipinski definition) is 9. The van der Waals surface area contributed by atoms with Crippen molar-refractivity contribution in [2.24, 2.45) is 0 Å². The predicted octanol–water partition coefficient (Wildman–Crippen LogP) is -1.84. The van der Waals surface area contributed by atoms with Gasteiger partial charge >= 0.3 is 5.97 Å². The van der Waals surface area contributed by atoms with Crippen LogP contribution in [0, 0.1) is 0 Å². The summed E-state index contributed by atoms with van der Waals surface area (Å²) < 4.78 is 38.5. The number of phenols is 3. The number of benzene rings is 2. The zero-order valence-corrected chi connectivity index (χ0v) is 25.3. The molecule has 262 valence electrons. The molecule has 18 heteroatoms. The van der Waals surface area contributed by atoms with Crippen molar-refractivity contribution < 1.29 is 83.6 Å². The van der Waals surface area contributed by atoms with E-state index < -0.39 is 109 Å². The minimum absolute atomic E-state index is 0.0391. The molecule has 48 heavy (non-hydrogen) atoms. The third-order valence-electron chi connectivity index (χ3n) is 7.81. The number of ether oxygens (including phenoxy) is 6. The average Bonchev–Trinajstić information content (AvgIpc) is 3.04. The SMILES string of the molecule is COc1cc(-c2oc3cc(O)cc(O)c3c(=O)c2O[C@H]2O[C@@H](CO[C@H]3O[C@@H](CO)[C@H](O)[C@@H](O)[C@@H]3OC(C)=O)[C@H](O)[C@@H](O)[C@@H]2O)ccc1O. The van der Waals surface area contributed by atoms with Crippen LogP contribution in [0.5, 0.6) is 28.7 Å². The van der Waals surface area contributed by atoms with Gasteiger partial charge in [-0.3, -0.25) is 9.59 Å². The lowest BCUT2D eigenvalue weighted by Gasteiger charge is -2.43. The highest BCUT2D eigenvalue weighted by Crippen LogP contribution is 2.40. The molecule has 0 aliphatic carbocycles. The molecule has 1 aromatic heterocycles. The second kappa shape index (κ2) is 14.1. The van der Waals surface area contributed by atoms with Crippen molar-refractivity contribution >= 4 is 16.9 Å². The van der Waals surface area contributed by atoms with Crippen LogP contribution in [0.1, 0.15) is 6.92 Å². The van der Waals surface area contributed by atoms with Crippen LogP contribution in [0.4, 0.5) is 0 Å². The summed E-state index contributed by atoms with van der Waals surface area (Å²) in [6.45, 7) is -0.425. The van der Waals surface area contributed by atoms with Crippen molar-refractivity contribution in [1.29, 1.82) is 0 Å². The van der Waals surface area contributed by atoms with E-state index in [0.717, 1.165) is 19.1 Å². The van der Waals surface area contributed by atoms with Gasteiger partial charge in [0.05, 0.1) is 20.3 Å². The standard InChI is InChI=1S/C30H34O18/c1-10(32)44-28-24(40)20(36)17(8-31)46-30(28)43-9-18-21(37)23(39)25(41)29(47-18)48-27-22(38)19-14(35)6-12(33)7-16(19)45-26(27)11-3-4-13(34)15(5-11)42-2/h3-7,17-18,20-21,23-25,28-31,33-37,39-41H,8-9H2,1-2H3/t17-,18-,20-,21-,23+,24+,25-,28-,29+,30-/m0/s1. The smallest absolute Gasteiger partial charge is 0.303 e. The number of carbonyl (C=O) groups excluding carboxylic acids is 1. The lowest BCUT2D eigenvalue weighted by molar-refractivity contribution is -0.324. The zero-order chi connectivity index (χ0) is 35.0. The highest BCUT2D eigenvalue weighted by atomic mass is 16.7. The van der Waals surface area contributed by atoms with Crippen LogP contribution in [0.2, 0.25) is 0 Å². The number of methoxy groups -OCH3 is 1. The number of esters is 1. The Hall–Kier alpha value is -4.24. The predicted molar refractivity (Wildman–Crippen MR) is 156 cm³/mol. The van der Waals surface area contributed by atoms with Crippen molar-refractivity contribution in [2.45, 2.75) is 68.3 Å². The highest BCUT2D eigenvalue weighted by molar-refractivity contribution is 5.88. The Morgan fingerprint density at radius 1 is 0.854 bits per heavy atom. The highest BCUT2D eigenvalue weighted by Gasteiger charge is 2.49. The molecule has 0 saturated carbocycles. The average molecular weight is 683 g/mol. The van der Waals surface area contributed by atoms with E-state index in [0.29, 0.717) is 0 Å². The fraction of sp³-hybridized carbons (Fsp3) is 0.467. The molecule has 10 atom stereocenters. The fourth-order valence-corrected chi connectivity index (χ4v) is 5.35. The summed E-state index contributed by atoms with van der Waals surface area (Å²) in [6, 6.07) is 5.74. The molecular formula is C30H34O18. The van der Waals surface area contributed by atoms with E-state index >= 15 is 0 Å². The van der Waals surface area contributed by atoms with Crippen molar-refractivity contribution in [3.63, 3.8) is 0 Å². The number of rotatable bonds is 9. The van der Waals surface area contributed by atoms with Crippen LogP contribution in [0.3, 0.4) is 0 Å². The largest absolute Gasteiger partial charge is 0.508 e. The van der Waals surface area contributed by atoms with Crippen molar-refractivity contribution in [2.75, 3.05) is 20.3 Å². The lowest BCUT2D eigenvalue weighted by Crippen LogP contribution is -2.62. The number of fused-ring (bicyclic) bond motifs is 1. The van der Waals surface area contributed by atoms with Gasteiger partial charge in [0.2, 0.25) is 17.5 Å². The summed E-state index contributed by atoms with van der Waals surface area (Å²) in [7, 11) is 1.27. The maximum Gasteiger partial charge on any atom is 0.303 e. The Morgan fingerprint density at radius 3 is 2.21 bits per heavy atom. The lowest BCUT2D eigenvalue weighted by atomic mass is 9.98. The van der Waals surface area contributed by atoms with Crippen molar-refractivity contribution in [1.82, 2.24) is 0 Å². The molecule has 0 radical (unpaired) electrons. The molecule has 0 bridgehead atoms. The molecular weight excluding hydrogens is 648 g/mol. The summed E-state index contributed by atoms with van der Waals surface area (Å²) in [4.78, 5) is 25.4. The molecule has 2 saturated heterocycles. The van der Waals surface area contributed by atoms with Gasteiger partial charge in [-0.05, 0) is 18.2 Å². The van der Waals surface area contributed by atoms with E-state index in [-0.39, 0.29) is 28.4 Å². The number of carbonyl (C=O) groups is 1. The molecule has 9 N–H and O–H groups in total. The monoisotopic (exact) mass is 682 g/mol. The van der Waals surface area contributed by atoms with Crippen LogP contribution < -0.4 is 14.9 Å². The Balaban J connectivity index is 1.48. The zero-order valence-electron chi connectivity index (χ0n) is 25.3. The first-order valence-electron chi connectivity index (χ1n) is 14.4. The molecule has 18 nitrogen and oxygen atoms in total. The molecule has 2 aliphatic rings. The van der Waals surface area contributed by atoms with E-state index in [9.17, 15) is 55.5 Å². The van der Waals surface area contributed by atoms with E-state index in [1.807, 2.05) is 0 Å². The van der Waals surface area contributed by atoms with E-state index in [1.54, 1.807) is 0 Å². The number of aliphatic hydroxyl groups excluding tert-OH is 6. The van der Waals surface area contributed by atoms with Gasteiger partial charge in [-0.2, -0.15) is 0 Å². The first kappa shape index (κ1) is 35.1. The topological polar surface area (TPSA) is 285 Å². The molecule has 2 aliphatic heterocycles. The minimum atomic E-state index is -2.00. The van der Waals surface area contributed by atoms with Gasteiger partial charge < -0.3 is 78.8 Å². The van der Waals surface area contributed by atoms with Crippen LogP contribution in [0.15, 0.2) is 39.5 Å². The van der Waals surface area contributed by atoms with Crippen molar-refractivity contribution in [3.8, 4) is 40.1 Å². The summed E-state index contributed by atoms with van der Waals surface area (Å²) in [5.74, 6) is -3.32. The summed E-state index contributed by atoms with van der Waals surface area (Å²) >= 11 is 0. The van der Waals surface area contributed by atoms with Gasteiger partial charge in [-0.25, -0.2) is 0 Å². The third-order valence-corrected chi connectivity index (χ3v) is 7.81. The maximum atomic E-state index is 13.8. The summed E-state index contributed by atoms with van der Waals surface area (Å²) in [6.07, 6.45) is -17.3. The first-order valence-corrected chi connectivity index (χ1v) is 14.4. The fourth-order valence-electron chi connectivity index (χ4n) is 5.35. The quantitative estimate of drug-likeness (QED) is 0.112. The molecule has 2 fully saturated rings. The van der Waals surface area contributed by atoms with E-state index in [2.05, 4.69) is 0 Å². The van der Waals surface area contributed by atoms with Crippen LogP contribution in [-0.4, -0.2) is 134 Å². The maximum absolute atomic E-state index is 13.8. The molecule has 2 aromatic carbocycles. The Labute approximate surface area is 270 Å². The van der Waals surface area contributed by atoms with Gasteiger partial charge in [0.1, 0.15) is 65.2 Å². The second-order valence-corrected chi connectivity index (χ2v) is 11.1. The van der Waals surface area contributed by atoms with Crippen molar-refractivity contribution in [3.05, 3.63) is 40.6 Å². The number of aromatic hydroxyl groups is 3. The van der Waals surface area contributed by atoms with Crippen LogP contribution >= 0.6 is 0 Å². The molecule has 3 heterocycles. The molecule has 5 rings (SSSR count). The minimum Gasteiger partial charge on any atom is -0.508 e. The third kappa shape index (κ3) is 6.70. The molecule has 0 unspecified atom stereocenters.